The first-order valence-corrected chi connectivity index (χ1v) is 7.46. The molecule has 0 saturated heterocycles. The van der Waals surface area contributed by atoms with E-state index in [4.69, 9.17) is 28.9 Å². The van der Waals surface area contributed by atoms with Crippen LogP contribution in [-0.4, -0.2) is 15.0 Å². The zero-order valence-electron chi connectivity index (χ0n) is 8.81. The zero-order valence-corrected chi connectivity index (χ0v) is 12.7. The Hall–Kier alpha value is -0.340. The second-order valence-electron chi connectivity index (χ2n) is 3.24. The van der Waals surface area contributed by atoms with Crippen LogP contribution in [-0.2, 0) is 10.0 Å². The molecule has 9 heteroatoms. The molecule has 4 nitrogen and oxygen atoms in total. The predicted octanol–water partition coefficient (Wildman–Crippen LogP) is 2.85. The van der Waals surface area contributed by atoms with Crippen LogP contribution in [0, 0.1) is 5.82 Å². The molecule has 0 aliphatic rings. The smallest absolute Gasteiger partial charge is 0.243 e. The second-order valence-corrected chi connectivity index (χ2v) is 6.71. The number of hydrogen-bond donors (Lipinski definition) is 2. The van der Waals surface area contributed by atoms with Crippen molar-refractivity contribution in [1.29, 1.82) is 0 Å². The highest BCUT2D eigenvalue weighted by molar-refractivity contribution is 9.10. The Bertz CT molecular complexity index is 607. The van der Waals surface area contributed by atoms with E-state index in [2.05, 4.69) is 27.2 Å². The first kappa shape index (κ1) is 15.7. The summed E-state index contributed by atoms with van der Waals surface area (Å²) in [6, 6.07) is 0.955. The average molecular weight is 378 g/mol. The summed E-state index contributed by atoms with van der Waals surface area (Å²) >= 11 is 14.1. The van der Waals surface area contributed by atoms with Gasteiger partial charge in [0.2, 0.25) is 10.0 Å². The number of nitrogen functional groups attached to an aromatic ring is 1. The summed E-state index contributed by atoms with van der Waals surface area (Å²) in [7, 11) is -4.10. The summed E-state index contributed by atoms with van der Waals surface area (Å²) in [5.41, 5.74) is 5.01. The van der Waals surface area contributed by atoms with Crippen LogP contribution >= 0.6 is 39.1 Å². The topological polar surface area (TPSA) is 72.2 Å². The molecule has 1 aromatic rings. The van der Waals surface area contributed by atoms with E-state index in [1.807, 2.05) is 0 Å². The van der Waals surface area contributed by atoms with Gasteiger partial charge in [0, 0.05) is 11.6 Å². The molecule has 0 aromatic heterocycles. The lowest BCUT2D eigenvalue weighted by molar-refractivity contribution is 0.561. The summed E-state index contributed by atoms with van der Waals surface area (Å²) in [5.74, 6) is -1.08. The standard InChI is InChI=1S/C9H8BrCl2FN2O2S/c1-4(11)3-15-18(16,17)6-2-5(12)7(10)9(14)8(6)13/h2,15H,1,3,14H2. The Morgan fingerprint density at radius 2 is 2.17 bits per heavy atom. The van der Waals surface area contributed by atoms with Gasteiger partial charge in [-0.1, -0.05) is 29.8 Å². The molecule has 0 fully saturated rings. The molecule has 0 aliphatic carbocycles. The van der Waals surface area contributed by atoms with E-state index in [1.54, 1.807) is 0 Å². The molecule has 0 aliphatic heterocycles. The molecule has 100 valence electrons. The predicted molar refractivity (Wildman–Crippen MR) is 73.7 cm³/mol. The first-order chi connectivity index (χ1) is 8.16. The summed E-state index contributed by atoms with van der Waals surface area (Å²) in [6.45, 7) is 3.08. The van der Waals surface area contributed by atoms with Crippen LogP contribution in [0.4, 0.5) is 10.1 Å². The quantitative estimate of drug-likeness (QED) is 0.625. The Kier molecular flexibility index (Phi) is 5.02. The molecule has 1 aromatic carbocycles. The van der Waals surface area contributed by atoms with Gasteiger partial charge in [-0.3, -0.25) is 0 Å². The van der Waals surface area contributed by atoms with Crippen LogP contribution in [0.3, 0.4) is 0 Å². The number of nitrogens with one attached hydrogen (secondary N) is 1. The van der Waals surface area contributed by atoms with Crippen LogP contribution in [0.2, 0.25) is 5.02 Å². The fraction of sp³-hybridized carbons (Fsp3) is 0.111. The molecular formula is C9H8BrCl2FN2O2S. The van der Waals surface area contributed by atoms with Crippen molar-refractivity contribution < 1.29 is 12.8 Å². The maximum atomic E-state index is 13.8. The zero-order chi connectivity index (χ0) is 14.1. The molecule has 3 N–H and O–H groups in total. The van der Waals surface area contributed by atoms with Gasteiger partial charge >= 0.3 is 0 Å². The van der Waals surface area contributed by atoms with E-state index in [-0.39, 0.29) is 26.8 Å². The fourth-order valence-corrected chi connectivity index (χ4v) is 2.89. The molecule has 0 amide bonds. The van der Waals surface area contributed by atoms with E-state index in [0.29, 0.717) is 0 Å². The maximum absolute atomic E-state index is 13.8. The number of benzene rings is 1. The molecule has 0 saturated carbocycles. The Labute approximate surface area is 122 Å². The van der Waals surface area contributed by atoms with Gasteiger partial charge in [-0.25, -0.2) is 17.5 Å². The van der Waals surface area contributed by atoms with Crippen LogP contribution < -0.4 is 10.5 Å². The lowest BCUT2D eigenvalue weighted by atomic mass is 10.3. The van der Waals surface area contributed by atoms with Crippen LogP contribution in [0.1, 0.15) is 0 Å². The molecule has 0 unspecified atom stereocenters. The molecule has 0 heterocycles. The number of nitrogens with two attached hydrogens (primary N) is 1. The van der Waals surface area contributed by atoms with Crippen LogP contribution in [0.15, 0.2) is 27.0 Å². The van der Waals surface area contributed by atoms with Crippen molar-refractivity contribution in [2.75, 3.05) is 12.3 Å². The van der Waals surface area contributed by atoms with Crippen molar-refractivity contribution in [3.8, 4) is 0 Å². The number of anilines is 1. The van der Waals surface area contributed by atoms with Gasteiger partial charge in [-0.05, 0) is 22.0 Å². The van der Waals surface area contributed by atoms with Crippen molar-refractivity contribution in [3.63, 3.8) is 0 Å². The summed E-state index contributed by atoms with van der Waals surface area (Å²) < 4.78 is 39.5. The van der Waals surface area contributed by atoms with Gasteiger partial charge in [0.15, 0.2) is 5.82 Å². The van der Waals surface area contributed by atoms with E-state index in [9.17, 15) is 12.8 Å². The highest BCUT2D eigenvalue weighted by Crippen LogP contribution is 2.34. The Morgan fingerprint density at radius 3 is 2.67 bits per heavy atom. The van der Waals surface area contributed by atoms with Crippen LogP contribution in [0.5, 0.6) is 0 Å². The minimum absolute atomic E-state index is 0.0148. The fourth-order valence-electron chi connectivity index (χ4n) is 1.05. The first-order valence-electron chi connectivity index (χ1n) is 4.42. The SMILES string of the molecule is C=C(Cl)CNS(=O)(=O)c1cc(Cl)c(Br)c(N)c1F. The van der Waals surface area contributed by atoms with Gasteiger partial charge in [-0.2, -0.15) is 0 Å². The number of sulfonamides is 1. The summed E-state index contributed by atoms with van der Waals surface area (Å²) in [5, 5.41) is 0.0501. The lowest BCUT2D eigenvalue weighted by Gasteiger charge is -2.10. The van der Waals surface area contributed by atoms with Crippen molar-refractivity contribution >= 4 is 54.8 Å². The van der Waals surface area contributed by atoms with Gasteiger partial charge in [0.1, 0.15) is 4.90 Å². The third-order valence-electron chi connectivity index (χ3n) is 1.90. The molecule has 1 rings (SSSR count). The van der Waals surface area contributed by atoms with Crippen LogP contribution in [0.25, 0.3) is 0 Å². The maximum Gasteiger partial charge on any atom is 0.243 e. The normalized spacial score (nSPS) is 11.6. The van der Waals surface area contributed by atoms with Crippen molar-refractivity contribution in [2.24, 2.45) is 0 Å². The number of rotatable bonds is 4. The third-order valence-corrected chi connectivity index (χ3v) is 4.82. The Balaban J connectivity index is 3.29. The Morgan fingerprint density at radius 1 is 1.61 bits per heavy atom. The molecule has 18 heavy (non-hydrogen) atoms. The minimum Gasteiger partial charge on any atom is -0.395 e. The van der Waals surface area contributed by atoms with Gasteiger partial charge in [-0.15, -0.1) is 0 Å². The van der Waals surface area contributed by atoms with E-state index < -0.39 is 20.7 Å². The third kappa shape index (κ3) is 3.36. The van der Waals surface area contributed by atoms with Crippen molar-refractivity contribution in [2.45, 2.75) is 4.90 Å². The summed E-state index contributed by atoms with van der Waals surface area (Å²) in [6.07, 6.45) is 0. The van der Waals surface area contributed by atoms with E-state index in [0.717, 1.165) is 6.07 Å². The summed E-state index contributed by atoms with van der Waals surface area (Å²) in [4.78, 5) is -0.647. The van der Waals surface area contributed by atoms with E-state index >= 15 is 0 Å². The van der Waals surface area contributed by atoms with Gasteiger partial charge < -0.3 is 5.73 Å². The monoisotopic (exact) mass is 376 g/mol. The number of halogens is 4. The molecular weight excluding hydrogens is 370 g/mol. The molecule has 0 spiro atoms. The lowest BCUT2D eigenvalue weighted by Crippen LogP contribution is -2.26. The highest BCUT2D eigenvalue weighted by atomic mass is 79.9. The van der Waals surface area contributed by atoms with Crippen molar-refractivity contribution in [3.05, 3.63) is 33.0 Å². The molecule has 0 atom stereocenters. The molecule has 0 bridgehead atoms. The second kappa shape index (κ2) is 5.75. The number of hydrogen-bond acceptors (Lipinski definition) is 3. The van der Waals surface area contributed by atoms with Gasteiger partial charge in [0.05, 0.1) is 15.2 Å². The highest BCUT2D eigenvalue weighted by Gasteiger charge is 2.23. The van der Waals surface area contributed by atoms with Crippen molar-refractivity contribution in [1.82, 2.24) is 4.72 Å². The minimum atomic E-state index is -4.10. The largest absolute Gasteiger partial charge is 0.395 e. The van der Waals surface area contributed by atoms with E-state index in [1.165, 1.54) is 0 Å². The average Bonchev–Trinajstić information content (AvgIpc) is 2.28. The van der Waals surface area contributed by atoms with Gasteiger partial charge in [0.25, 0.3) is 0 Å². The molecule has 0 radical (unpaired) electrons.